The van der Waals surface area contributed by atoms with Crippen molar-refractivity contribution in [1.82, 2.24) is 0 Å². The number of hydrogen-bond donors (Lipinski definition) is 0. The molecule has 0 amide bonds. The van der Waals surface area contributed by atoms with Gasteiger partial charge in [-0.05, 0) is 6.92 Å². The first kappa shape index (κ1) is 9.96. The summed E-state index contributed by atoms with van der Waals surface area (Å²) in [7, 11) is 0. The maximum Gasteiger partial charge on any atom is 0.303 e. The Hall–Kier alpha value is -1.58. The van der Waals surface area contributed by atoms with Gasteiger partial charge in [0.15, 0.2) is 11.1 Å². The van der Waals surface area contributed by atoms with Crippen molar-refractivity contribution in [3.63, 3.8) is 0 Å². The van der Waals surface area contributed by atoms with Crippen LogP contribution in [0.1, 0.15) is 13.8 Å². The van der Waals surface area contributed by atoms with Crippen molar-refractivity contribution in [2.45, 2.75) is 13.8 Å². The Balaban J connectivity index is 2.45. The fraction of sp³-hybridized carbons (Fsp3) is 0.364. The van der Waals surface area contributed by atoms with E-state index in [4.69, 9.17) is 4.74 Å². The molecule has 0 aromatic heterocycles. The molecule has 0 aromatic carbocycles. The lowest BCUT2D eigenvalue weighted by Crippen LogP contribution is -2.21. The second-order valence-electron chi connectivity index (χ2n) is 3.75. The Labute approximate surface area is 86.6 Å². The third-order valence-corrected chi connectivity index (χ3v) is 2.57. The predicted octanol–water partition coefficient (Wildman–Crippen LogP) is 1.51. The number of Topliss-reactive ketones (excluding diaryl/α,β-unsaturated/α-hetero) is 2. The monoisotopic (exact) mass is 209 g/mol. The van der Waals surface area contributed by atoms with E-state index < -0.39 is 17.7 Å². The number of hydrogen-bond acceptors (Lipinski definition) is 3. The summed E-state index contributed by atoms with van der Waals surface area (Å²) in [6.07, 6.45) is 0.334. The van der Waals surface area contributed by atoms with E-state index in [0.717, 1.165) is 6.08 Å². The van der Waals surface area contributed by atoms with E-state index in [1.54, 1.807) is 6.92 Å². The maximum absolute atomic E-state index is 13.4. The Bertz CT molecular complexity index is 406. The van der Waals surface area contributed by atoms with Gasteiger partial charge in [-0.15, -0.1) is 4.39 Å². The van der Waals surface area contributed by atoms with Crippen molar-refractivity contribution in [2.75, 3.05) is 6.61 Å². The van der Waals surface area contributed by atoms with Crippen LogP contribution in [0.15, 0.2) is 23.0 Å². The lowest BCUT2D eigenvalue weighted by Gasteiger charge is -2.06. The highest BCUT2D eigenvalue weighted by molar-refractivity contribution is 6.27. The molecule has 1 aliphatic heterocycles. The van der Waals surface area contributed by atoms with Crippen molar-refractivity contribution < 1.29 is 18.7 Å². The van der Waals surface area contributed by atoms with Crippen molar-refractivity contribution in [3.05, 3.63) is 29.2 Å². The van der Waals surface area contributed by atoms with Crippen molar-refractivity contribution in [2.24, 2.45) is 5.92 Å². The molecule has 1 unspecified atom stereocenters. The van der Waals surface area contributed by atoms with E-state index >= 15 is 0 Å². The summed E-state index contributed by atoms with van der Waals surface area (Å²) < 4.78 is 18.5. The molecule has 3 nitrogen and oxygen atoms in total. The average Bonchev–Trinajstić information content (AvgIpc) is 2.54. The largest absolute Gasteiger partial charge is 0.468 e. The Morgan fingerprint density at radius 3 is 2.93 bits per heavy atom. The van der Waals surface area contributed by atoms with Crippen LogP contribution in [0.4, 0.5) is 4.39 Å². The summed E-state index contributed by atoms with van der Waals surface area (Å²) in [5, 5.41) is 0. The van der Waals surface area contributed by atoms with Crippen LogP contribution in [0.2, 0.25) is 0 Å². The smallest absolute Gasteiger partial charge is 0.303 e. The molecule has 0 bridgehead atoms. The molecule has 0 aromatic rings. The Morgan fingerprint density at radius 2 is 2.33 bits per heavy atom. The molecule has 4 heteroatoms. The third kappa shape index (κ3) is 1.37. The molecule has 0 N–H and O–H groups in total. The number of rotatable bonds is 1. The van der Waals surface area contributed by atoms with Gasteiger partial charge in [0, 0.05) is 6.92 Å². The Morgan fingerprint density at radius 1 is 1.67 bits per heavy atom. The van der Waals surface area contributed by atoms with Crippen LogP contribution < -0.4 is 0 Å². The third-order valence-electron chi connectivity index (χ3n) is 2.57. The molecule has 78 valence electrons. The highest BCUT2D eigenvalue weighted by atomic mass is 19.1. The van der Waals surface area contributed by atoms with Crippen LogP contribution >= 0.6 is 0 Å². The maximum atomic E-state index is 13.4. The lowest BCUT2D eigenvalue weighted by molar-refractivity contribution is -0.118. The molecule has 1 heterocycles. The van der Waals surface area contributed by atoms with E-state index in [0.29, 0.717) is 12.2 Å². The second kappa shape index (κ2) is 3.22. The summed E-state index contributed by atoms with van der Waals surface area (Å²) in [4.78, 5) is 22.9. The quantitative estimate of drug-likeness (QED) is 0.485. The number of allylic oxidation sites excluding steroid dienone is 2. The van der Waals surface area contributed by atoms with Gasteiger partial charge in [0.2, 0.25) is 5.78 Å². The first-order chi connectivity index (χ1) is 7.02. The molecule has 0 saturated carbocycles. The fourth-order valence-corrected chi connectivity index (χ4v) is 1.78. The van der Waals surface area contributed by atoms with Gasteiger partial charge in [-0.2, -0.15) is 0 Å². The minimum Gasteiger partial charge on any atom is -0.468 e. The second-order valence-corrected chi connectivity index (χ2v) is 3.75. The number of carbonyl (C=O) groups excluding carboxylic acids is 2. The number of carbonyl (C=O) groups is 2. The molecule has 0 saturated heterocycles. The molecule has 0 spiro atoms. The van der Waals surface area contributed by atoms with Crippen LogP contribution in [0.25, 0.3) is 0 Å². The standard InChI is InChI=1S/C11H10FO3/c1-5-4-15-11-8(12)3-7(6(2)13)10(14)9(5)11/h3,5H,4H2,1-2H3/q+1. The summed E-state index contributed by atoms with van der Waals surface area (Å²) in [5.74, 6) is -0.955. The van der Waals surface area contributed by atoms with Gasteiger partial charge in [0.1, 0.15) is 12.7 Å². The van der Waals surface area contributed by atoms with Crippen LogP contribution in [-0.4, -0.2) is 18.2 Å². The zero-order chi connectivity index (χ0) is 11.2. The van der Waals surface area contributed by atoms with Gasteiger partial charge >= 0.3 is 5.78 Å². The van der Waals surface area contributed by atoms with Gasteiger partial charge in [-0.25, -0.2) is 0 Å². The van der Waals surface area contributed by atoms with Crippen molar-refractivity contribution in [3.8, 4) is 0 Å². The van der Waals surface area contributed by atoms with Crippen LogP contribution in [0.5, 0.6) is 0 Å². The molecule has 0 fully saturated rings. The highest BCUT2D eigenvalue weighted by Gasteiger charge is 2.48. The molecule has 2 rings (SSSR count). The van der Waals surface area contributed by atoms with E-state index in [1.165, 1.54) is 6.92 Å². The SMILES string of the molecule is CC(=O)C1=C[C+](F)C2=C(C1=O)C(C)CO2. The Kier molecular flexibility index (Phi) is 2.14. The highest BCUT2D eigenvalue weighted by Crippen LogP contribution is 2.38. The summed E-state index contributed by atoms with van der Waals surface area (Å²) >= 11 is 0. The molecule has 0 radical (unpaired) electrons. The number of ketones is 2. The van der Waals surface area contributed by atoms with Crippen molar-refractivity contribution >= 4 is 11.6 Å². The summed E-state index contributed by atoms with van der Waals surface area (Å²) in [5.41, 5.74) is 0.198. The zero-order valence-corrected chi connectivity index (χ0v) is 8.46. The minimum atomic E-state index is -0.626. The minimum absolute atomic E-state index is 0.0116. The van der Waals surface area contributed by atoms with E-state index in [9.17, 15) is 14.0 Å². The summed E-state index contributed by atoms with van der Waals surface area (Å²) in [6.45, 7) is 3.32. The molecule has 1 aliphatic carbocycles. The normalized spacial score (nSPS) is 25.0. The molecule has 2 aliphatic rings. The van der Waals surface area contributed by atoms with Crippen molar-refractivity contribution in [1.29, 1.82) is 0 Å². The van der Waals surface area contributed by atoms with Gasteiger partial charge in [0.05, 0.1) is 5.92 Å². The van der Waals surface area contributed by atoms with E-state index in [1.807, 2.05) is 0 Å². The molecular formula is C11H10FO3+. The predicted molar refractivity (Wildman–Crippen MR) is 50.3 cm³/mol. The van der Waals surface area contributed by atoms with E-state index in [-0.39, 0.29) is 17.3 Å². The first-order valence-corrected chi connectivity index (χ1v) is 4.69. The fourth-order valence-electron chi connectivity index (χ4n) is 1.78. The summed E-state index contributed by atoms with van der Waals surface area (Å²) in [6, 6.07) is 0. The zero-order valence-electron chi connectivity index (χ0n) is 8.46. The van der Waals surface area contributed by atoms with Gasteiger partial charge in [-0.1, -0.05) is 0 Å². The van der Waals surface area contributed by atoms with Crippen LogP contribution in [0, 0.1) is 12.1 Å². The molecule has 15 heavy (non-hydrogen) atoms. The first-order valence-electron chi connectivity index (χ1n) is 4.69. The number of ether oxygens (including phenoxy) is 1. The molecular weight excluding hydrogens is 199 g/mol. The lowest BCUT2D eigenvalue weighted by atomic mass is 9.87. The number of halogens is 1. The van der Waals surface area contributed by atoms with Crippen LogP contribution in [0.3, 0.4) is 0 Å². The van der Waals surface area contributed by atoms with Gasteiger partial charge < -0.3 is 4.74 Å². The molecule has 1 atom stereocenters. The topological polar surface area (TPSA) is 43.4 Å². The van der Waals surface area contributed by atoms with Gasteiger partial charge in [0.25, 0.3) is 11.9 Å². The van der Waals surface area contributed by atoms with Gasteiger partial charge in [-0.3, -0.25) is 9.59 Å². The average molecular weight is 209 g/mol. The van der Waals surface area contributed by atoms with E-state index in [2.05, 4.69) is 0 Å². The van der Waals surface area contributed by atoms with Crippen LogP contribution in [-0.2, 0) is 14.3 Å².